The molecule has 0 atom stereocenters. The zero-order chi connectivity index (χ0) is 12.8. The topological polar surface area (TPSA) is 29.1 Å². The summed E-state index contributed by atoms with van der Waals surface area (Å²) < 4.78 is 0. The number of alkyl halides is 1. The van der Waals surface area contributed by atoms with E-state index in [1.807, 2.05) is 24.3 Å². The first kappa shape index (κ1) is 13.6. The first-order chi connectivity index (χ1) is 8.79. The minimum atomic E-state index is 0.0571. The molecule has 1 aromatic carbocycles. The van der Waals surface area contributed by atoms with E-state index in [-0.39, 0.29) is 5.91 Å². The van der Waals surface area contributed by atoms with E-state index in [0.29, 0.717) is 5.92 Å². The molecular formula is C15H20BrNO. The third kappa shape index (κ3) is 3.84. The lowest BCUT2D eigenvalue weighted by Crippen LogP contribution is -2.30. The van der Waals surface area contributed by atoms with Crippen molar-refractivity contribution in [1.29, 1.82) is 0 Å². The van der Waals surface area contributed by atoms with Crippen LogP contribution in [-0.4, -0.2) is 12.5 Å². The molecule has 0 spiro atoms. The van der Waals surface area contributed by atoms with E-state index >= 15 is 0 Å². The third-order valence-electron chi connectivity index (χ3n) is 3.65. The van der Waals surface area contributed by atoms with Gasteiger partial charge in [-0.25, -0.2) is 0 Å². The number of hydrogen-bond donors (Lipinski definition) is 1. The summed E-state index contributed by atoms with van der Waals surface area (Å²) in [6.07, 6.45) is 6.53. The van der Waals surface area contributed by atoms with Gasteiger partial charge in [0.05, 0.1) is 0 Å². The lowest BCUT2D eigenvalue weighted by Gasteiger charge is -2.21. The number of amides is 1. The van der Waals surface area contributed by atoms with Crippen molar-refractivity contribution >= 4 is 21.8 Å². The highest BCUT2D eigenvalue weighted by Gasteiger charge is 2.14. The molecule has 18 heavy (non-hydrogen) atoms. The molecule has 1 aromatic rings. The summed E-state index contributed by atoms with van der Waals surface area (Å²) in [4.78, 5) is 12.0. The molecule has 2 nitrogen and oxygen atoms in total. The number of carbonyl (C=O) groups excluding carboxylic acids is 1. The highest BCUT2D eigenvalue weighted by molar-refractivity contribution is 9.08. The maximum atomic E-state index is 12.0. The molecule has 0 saturated heterocycles. The van der Waals surface area contributed by atoms with Crippen LogP contribution in [0.25, 0.3) is 0 Å². The second-order valence-electron chi connectivity index (χ2n) is 5.04. The van der Waals surface area contributed by atoms with Gasteiger partial charge in [0.1, 0.15) is 0 Å². The van der Waals surface area contributed by atoms with Crippen molar-refractivity contribution in [3.63, 3.8) is 0 Å². The molecule has 1 aliphatic carbocycles. The van der Waals surface area contributed by atoms with Crippen LogP contribution in [0.4, 0.5) is 0 Å². The fourth-order valence-corrected chi connectivity index (χ4v) is 2.85. The number of carbonyl (C=O) groups is 1. The van der Waals surface area contributed by atoms with E-state index in [4.69, 9.17) is 0 Å². The Kier molecular flexibility index (Phi) is 5.24. The lowest BCUT2D eigenvalue weighted by molar-refractivity contribution is 0.0943. The second kappa shape index (κ2) is 6.93. The van der Waals surface area contributed by atoms with Crippen LogP contribution < -0.4 is 5.32 Å². The SMILES string of the molecule is O=C(NCC1CCCCC1)c1ccc(CBr)cc1. The maximum Gasteiger partial charge on any atom is 0.251 e. The van der Waals surface area contributed by atoms with Gasteiger partial charge >= 0.3 is 0 Å². The molecule has 1 amide bonds. The molecule has 0 aliphatic heterocycles. The fourth-order valence-electron chi connectivity index (χ4n) is 2.48. The average Bonchev–Trinajstić information content (AvgIpc) is 2.46. The van der Waals surface area contributed by atoms with Gasteiger partial charge in [-0.15, -0.1) is 0 Å². The van der Waals surface area contributed by atoms with Gasteiger partial charge in [0.2, 0.25) is 0 Å². The monoisotopic (exact) mass is 309 g/mol. The van der Waals surface area contributed by atoms with Crippen molar-refractivity contribution < 1.29 is 4.79 Å². The van der Waals surface area contributed by atoms with Gasteiger partial charge in [-0.2, -0.15) is 0 Å². The Hall–Kier alpha value is -0.830. The van der Waals surface area contributed by atoms with Crippen LogP contribution in [0.2, 0.25) is 0 Å². The number of nitrogens with one attached hydrogen (secondary N) is 1. The molecule has 98 valence electrons. The van der Waals surface area contributed by atoms with E-state index in [0.717, 1.165) is 17.4 Å². The molecule has 0 heterocycles. The Morgan fingerprint density at radius 3 is 2.44 bits per heavy atom. The highest BCUT2D eigenvalue weighted by Crippen LogP contribution is 2.22. The van der Waals surface area contributed by atoms with Gasteiger partial charge in [0, 0.05) is 17.4 Å². The van der Waals surface area contributed by atoms with Crippen LogP contribution in [0.1, 0.15) is 48.0 Å². The molecule has 1 fully saturated rings. The summed E-state index contributed by atoms with van der Waals surface area (Å²) in [6, 6.07) is 7.77. The van der Waals surface area contributed by atoms with Gasteiger partial charge < -0.3 is 5.32 Å². The number of benzene rings is 1. The summed E-state index contributed by atoms with van der Waals surface area (Å²) in [6.45, 7) is 0.832. The van der Waals surface area contributed by atoms with E-state index in [2.05, 4.69) is 21.2 Å². The van der Waals surface area contributed by atoms with Crippen LogP contribution in [-0.2, 0) is 5.33 Å². The summed E-state index contributed by atoms with van der Waals surface area (Å²) in [5.74, 6) is 0.742. The molecule has 0 aromatic heterocycles. The average molecular weight is 310 g/mol. The predicted molar refractivity (Wildman–Crippen MR) is 78.0 cm³/mol. The molecule has 3 heteroatoms. The second-order valence-corrected chi connectivity index (χ2v) is 5.61. The smallest absolute Gasteiger partial charge is 0.251 e. The van der Waals surface area contributed by atoms with Gasteiger partial charge in [0.25, 0.3) is 5.91 Å². The van der Waals surface area contributed by atoms with E-state index in [9.17, 15) is 4.79 Å². The largest absolute Gasteiger partial charge is 0.352 e. The maximum absolute atomic E-state index is 12.0. The van der Waals surface area contributed by atoms with Gasteiger partial charge in [-0.1, -0.05) is 47.3 Å². The van der Waals surface area contributed by atoms with E-state index < -0.39 is 0 Å². The predicted octanol–water partition coefficient (Wildman–Crippen LogP) is 3.89. The molecule has 1 aliphatic rings. The van der Waals surface area contributed by atoms with Crippen molar-refractivity contribution in [2.75, 3.05) is 6.54 Å². The Morgan fingerprint density at radius 2 is 1.83 bits per heavy atom. The lowest BCUT2D eigenvalue weighted by atomic mass is 9.89. The van der Waals surface area contributed by atoms with Crippen molar-refractivity contribution in [3.05, 3.63) is 35.4 Å². The Balaban J connectivity index is 1.82. The minimum absolute atomic E-state index is 0.0571. The highest BCUT2D eigenvalue weighted by atomic mass is 79.9. The Morgan fingerprint density at radius 1 is 1.17 bits per heavy atom. The molecular weight excluding hydrogens is 290 g/mol. The minimum Gasteiger partial charge on any atom is -0.352 e. The van der Waals surface area contributed by atoms with Crippen LogP contribution in [0, 0.1) is 5.92 Å². The van der Waals surface area contributed by atoms with Gasteiger partial charge in [-0.05, 0) is 36.5 Å². The molecule has 0 unspecified atom stereocenters. The summed E-state index contributed by atoms with van der Waals surface area (Å²) >= 11 is 3.40. The molecule has 0 bridgehead atoms. The quantitative estimate of drug-likeness (QED) is 0.840. The Labute approximate surface area is 117 Å². The zero-order valence-corrected chi connectivity index (χ0v) is 12.2. The first-order valence-electron chi connectivity index (χ1n) is 6.72. The molecule has 1 N–H and O–H groups in total. The van der Waals surface area contributed by atoms with Crippen molar-refractivity contribution in [2.24, 2.45) is 5.92 Å². The van der Waals surface area contributed by atoms with E-state index in [1.165, 1.54) is 37.7 Å². The van der Waals surface area contributed by atoms with Crippen LogP contribution in [0.15, 0.2) is 24.3 Å². The van der Waals surface area contributed by atoms with Crippen LogP contribution >= 0.6 is 15.9 Å². The molecule has 2 rings (SSSR count). The molecule has 0 radical (unpaired) electrons. The fraction of sp³-hybridized carbons (Fsp3) is 0.533. The molecule has 1 saturated carbocycles. The summed E-state index contributed by atoms with van der Waals surface area (Å²) in [5.41, 5.74) is 1.95. The standard InChI is InChI=1S/C15H20BrNO/c16-10-12-6-8-14(9-7-12)15(18)17-11-13-4-2-1-3-5-13/h6-9,13H,1-5,10-11H2,(H,17,18). The third-order valence-corrected chi connectivity index (χ3v) is 4.29. The van der Waals surface area contributed by atoms with Crippen molar-refractivity contribution in [2.45, 2.75) is 37.4 Å². The van der Waals surface area contributed by atoms with E-state index in [1.54, 1.807) is 0 Å². The Bertz CT molecular complexity index is 382. The first-order valence-corrected chi connectivity index (χ1v) is 7.85. The summed E-state index contributed by atoms with van der Waals surface area (Å²) in [5, 5.41) is 3.89. The van der Waals surface area contributed by atoms with Crippen LogP contribution in [0.5, 0.6) is 0 Å². The van der Waals surface area contributed by atoms with Crippen molar-refractivity contribution in [1.82, 2.24) is 5.32 Å². The van der Waals surface area contributed by atoms with Gasteiger partial charge in [-0.3, -0.25) is 4.79 Å². The number of hydrogen-bond acceptors (Lipinski definition) is 1. The van der Waals surface area contributed by atoms with Gasteiger partial charge in [0.15, 0.2) is 0 Å². The van der Waals surface area contributed by atoms with Crippen LogP contribution in [0.3, 0.4) is 0 Å². The zero-order valence-electron chi connectivity index (χ0n) is 10.6. The normalized spacial score (nSPS) is 16.5. The summed E-state index contributed by atoms with van der Waals surface area (Å²) in [7, 11) is 0. The number of rotatable bonds is 4. The number of halogens is 1. The van der Waals surface area contributed by atoms with Crippen molar-refractivity contribution in [3.8, 4) is 0 Å².